The first-order valence-electron chi connectivity index (χ1n) is 5.03. The van der Waals surface area contributed by atoms with Crippen LogP contribution in [0.2, 0.25) is 0 Å². The second-order valence-electron chi connectivity index (χ2n) is 3.44. The summed E-state index contributed by atoms with van der Waals surface area (Å²) < 4.78 is 0. The van der Waals surface area contributed by atoms with E-state index in [1.807, 2.05) is 24.3 Å². The maximum atomic E-state index is 8.81. The van der Waals surface area contributed by atoms with E-state index in [0.29, 0.717) is 5.56 Å². The van der Waals surface area contributed by atoms with Crippen LogP contribution in [0.1, 0.15) is 11.1 Å². The molecule has 0 bridgehead atoms. The molecule has 0 fully saturated rings. The summed E-state index contributed by atoms with van der Waals surface area (Å²) in [7, 11) is 0. The first kappa shape index (κ1) is 10.8. The molecular weight excluding hydrogens is 212 g/mol. The Morgan fingerprint density at radius 1 is 1.24 bits per heavy atom. The van der Waals surface area contributed by atoms with Gasteiger partial charge in [0.15, 0.2) is 0 Å². The van der Waals surface area contributed by atoms with Gasteiger partial charge in [0.2, 0.25) is 0 Å². The van der Waals surface area contributed by atoms with E-state index in [4.69, 9.17) is 11.1 Å². The zero-order valence-corrected chi connectivity index (χ0v) is 9.04. The number of hydrogen-bond acceptors (Lipinski definition) is 4. The Morgan fingerprint density at radius 3 is 2.65 bits per heavy atom. The number of hydrogen-bond donors (Lipinski definition) is 1. The summed E-state index contributed by atoms with van der Waals surface area (Å²) >= 11 is 0. The largest absolute Gasteiger partial charge is 0.323 e. The number of aromatic nitrogens is 1. The molecule has 0 unspecified atom stereocenters. The van der Waals surface area contributed by atoms with Gasteiger partial charge in [-0.2, -0.15) is 10.4 Å². The van der Waals surface area contributed by atoms with E-state index in [9.17, 15) is 0 Å². The van der Waals surface area contributed by atoms with Gasteiger partial charge in [0.05, 0.1) is 23.5 Å². The topological polar surface area (TPSA) is 75.1 Å². The lowest BCUT2D eigenvalue weighted by molar-refractivity contribution is 1.26. The van der Waals surface area contributed by atoms with Gasteiger partial charge in [-0.1, -0.05) is 24.3 Å². The molecule has 2 rings (SSSR count). The third kappa shape index (κ3) is 2.47. The molecule has 0 aliphatic heterocycles. The van der Waals surface area contributed by atoms with Gasteiger partial charge in [-0.25, -0.2) is 0 Å². The highest BCUT2D eigenvalue weighted by molar-refractivity contribution is 5.80. The van der Waals surface area contributed by atoms with Crippen molar-refractivity contribution in [2.24, 2.45) is 10.9 Å². The first-order valence-corrected chi connectivity index (χ1v) is 5.03. The van der Waals surface area contributed by atoms with Crippen molar-refractivity contribution in [2.75, 3.05) is 0 Å². The van der Waals surface area contributed by atoms with Crippen molar-refractivity contribution in [3.05, 3.63) is 53.7 Å². The quantitative estimate of drug-likeness (QED) is 0.479. The van der Waals surface area contributed by atoms with Crippen LogP contribution in [0.15, 0.2) is 47.7 Å². The lowest BCUT2D eigenvalue weighted by atomic mass is 10.1. The molecule has 0 aliphatic carbocycles. The Hall–Kier alpha value is -2.67. The molecule has 2 N–H and O–H groups in total. The Labute approximate surface area is 99.0 Å². The van der Waals surface area contributed by atoms with E-state index in [1.54, 1.807) is 24.5 Å². The highest BCUT2D eigenvalue weighted by Gasteiger charge is 2.00. The predicted octanol–water partition coefficient (Wildman–Crippen LogP) is 1.91. The molecule has 2 aromatic rings. The normalized spacial score (nSPS) is 10.3. The third-order valence-electron chi connectivity index (χ3n) is 2.32. The summed E-state index contributed by atoms with van der Waals surface area (Å²) in [5, 5.41) is 12.3. The molecule has 0 atom stereocenters. The van der Waals surface area contributed by atoms with Crippen molar-refractivity contribution in [3.8, 4) is 17.3 Å². The van der Waals surface area contributed by atoms with Crippen LogP contribution < -0.4 is 5.84 Å². The Balaban J connectivity index is 2.36. The van der Waals surface area contributed by atoms with Crippen molar-refractivity contribution in [1.82, 2.24) is 4.98 Å². The maximum absolute atomic E-state index is 8.81. The van der Waals surface area contributed by atoms with Gasteiger partial charge in [-0.05, 0) is 17.7 Å². The number of benzene rings is 1. The van der Waals surface area contributed by atoms with Crippen LogP contribution in [-0.4, -0.2) is 11.2 Å². The minimum Gasteiger partial charge on any atom is -0.323 e. The molecule has 1 heterocycles. The maximum Gasteiger partial charge on any atom is 0.0992 e. The summed E-state index contributed by atoms with van der Waals surface area (Å²) in [5.74, 6) is 5.07. The third-order valence-corrected chi connectivity index (χ3v) is 2.32. The molecule has 0 amide bonds. The van der Waals surface area contributed by atoms with E-state index in [1.165, 1.54) is 0 Å². The Morgan fingerprint density at radius 2 is 2.00 bits per heavy atom. The number of pyridine rings is 1. The second kappa shape index (κ2) is 4.90. The molecule has 0 radical (unpaired) electrons. The molecule has 1 aromatic carbocycles. The number of nitrogens with zero attached hydrogens (tertiary/aromatic N) is 3. The SMILES string of the molecule is N#Cc1ccnc(-c2ccc(C=NN)cc2)c1. The van der Waals surface area contributed by atoms with Crippen molar-refractivity contribution >= 4 is 6.21 Å². The lowest BCUT2D eigenvalue weighted by Crippen LogP contribution is -1.88. The summed E-state index contributed by atoms with van der Waals surface area (Å²) in [4.78, 5) is 4.22. The molecule has 0 saturated heterocycles. The van der Waals surface area contributed by atoms with E-state index in [0.717, 1.165) is 16.8 Å². The molecular formula is C13H10N4. The van der Waals surface area contributed by atoms with Crippen LogP contribution in [0.4, 0.5) is 0 Å². The molecule has 17 heavy (non-hydrogen) atoms. The average molecular weight is 222 g/mol. The predicted molar refractivity (Wildman–Crippen MR) is 66.2 cm³/mol. The summed E-state index contributed by atoms with van der Waals surface area (Å²) in [6.07, 6.45) is 3.20. The summed E-state index contributed by atoms with van der Waals surface area (Å²) in [6, 6.07) is 13.2. The van der Waals surface area contributed by atoms with Crippen LogP contribution in [0, 0.1) is 11.3 Å². The van der Waals surface area contributed by atoms with Gasteiger partial charge < -0.3 is 5.84 Å². The van der Waals surface area contributed by atoms with Gasteiger partial charge in [0.1, 0.15) is 0 Å². The van der Waals surface area contributed by atoms with Gasteiger partial charge in [-0.15, -0.1) is 0 Å². The van der Waals surface area contributed by atoms with Gasteiger partial charge >= 0.3 is 0 Å². The zero-order chi connectivity index (χ0) is 12.1. The van der Waals surface area contributed by atoms with Crippen LogP contribution in [0.3, 0.4) is 0 Å². The van der Waals surface area contributed by atoms with E-state index in [2.05, 4.69) is 16.2 Å². The Bertz CT molecular complexity index is 579. The standard InChI is InChI=1S/C13H10N4/c14-8-11-5-6-16-13(7-11)12-3-1-10(2-4-12)9-17-15/h1-7,9H,15H2. The summed E-state index contributed by atoms with van der Waals surface area (Å²) in [5.41, 5.74) is 3.26. The molecule has 4 nitrogen and oxygen atoms in total. The van der Waals surface area contributed by atoms with E-state index >= 15 is 0 Å². The average Bonchev–Trinajstić information content (AvgIpc) is 2.40. The second-order valence-corrected chi connectivity index (χ2v) is 3.44. The zero-order valence-electron chi connectivity index (χ0n) is 9.04. The Kier molecular flexibility index (Phi) is 3.13. The highest BCUT2D eigenvalue weighted by atomic mass is 15.1. The van der Waals surface area contributed by atoms with Crippen LogP contribution in [0.5, 0.6) is 0 Å². The van der Waals surface area contributed by atoms with E-state index in [-0.39, 0.29) is 0 Å². The number of nitriles is 1. The minimum atomic E-state index is 0.600. The van der Waals surface area contributed by atoms with Gasteiger partial charge in [0.25, 0.3) is 0 Å². The van der Waals surface area contributed by atoms with Crippen molar-refractivity contribution in [3.63, 3.8) is 0 Å². The van der Waals surface area contributed by atoms with Crippen LogP contribution in [-0.2, 0) is 0 Å². The van der Waals surface area contributed by atoms with Crippen LogP contribution >= 0.6 is 0 Å². The van der Waals surface area contributed by atoms with Crippen molar-refractivity contribution in [2.45, 2.75) is 0 Å². The first-order chi connectivity index (χ1) is 8.33. The number of hydrazone groups is 1. The van der Waals surface area contributed by atoms with Crippen LogP contribution in [0.25, 0.3) is 11.3 Å². The fourth-order valence-corrected chi connectivity index (χ4v) is 1.48. The smallest absolute Gasteiger partial charge is 0.0992 e. The summed E-state index contributed by atoms with van der Waals surface area (Å²) in [6.45, 7) is 0. The molecule has 0 saturated carbocycles. The van der Waals surface area contributed by atoms with Gasteiger partial charge in [-0.3, -0.25) is 4.98 Å². The molecule has 82 valence electrons. The van der Waals surface area contributed by atoms with Crippen molar-refractivity contribution < 1.29 is 0 Å². The minimum absolute atomic E-state index is 0.600. The molecule has 1 aromatic heterocycles. The number of nitrogens with two attached hydrogens (primary N) is 1. The van der Waals surface area contributed by atoms with Gasteiger partial charge in [0, 0.05) is 11.8 Å². The lowest BCUT2D eigenvalue weighted by Gasteiger charge is -2.01. The molecule has 0 spiro atoms. The fourth-order valence-electron chi connectivity index (χ4n) is 1.48. The molecule has 4 heteroatoms. The monoisotopic (exact) mass is 222 g/mol. The van der Waals surface area contributed by atoms with Crippen molar-refractivity contribution in [1.29, 1.82) is 5.26 Å². The fraction of sp³-hybridized carbons (Fsp3) is 0. The number of rotatable bonds is 2. The molecule has 0 aliphatic rings. The van der Waals surface area contributed by atoms with E-state index < -0.39 is 0 Å². The highest BCUT2D eigenvalue weighted by Crippen LogP contribution is 2.17.